The summed E-state index contributed by atoms with van der Waals surface area (Å²) in [7, 11) is 0. The van der Waals surface area contributed by atoms with Crippen LogP contribution in [0.5, 0.6) is 11.5 Å². The summed E-state index contributed by atoms with van der Waals surface area (Å²) < 4.78 is 13.7. The van der Waals surface area contributed by atoms with Crippen LogP contribution in [0.4, 0.5) is 11.6 Å². The van der Waals surface area contributed by atoms with E-state index in [1.54, 1.807) is 4.68 Å². The van der Waals surface area contributed by atoms with Crippen LogP contribution in [0, 0.1) is 13.8 Å². The molecule has 0 saturated carbocycles. The summed E-state index contributed by atoms with van der Waals surface area (Å²) in [5, 5.41) is 18.3. The van der Waals surface area contributed by atoms with Crippen molar-refractivity contribution in [2.75, 3.05) is 17.2 Å². The highest BCUT2D eigenvalue weighted by atomic mass is 16.5. The van der Waals surface area contributed by atoms with Gasteiger partial charge in [-0.15, -0.1) is 0 Å². The van der Waals surface area contributed by atoms with Gasteiger partial charge in [0.2, 0.25) is 5.95 Å². The Labute approximate surface area is 221 Å². The highest BCUT2D eigenvalue weighted by Crippen LogP contribution is 2.39. The van der Waals surface area contributed by atoms with Crippen LogP contribution in [0.3, 0.4) is 0 Å². The Morgan fingerprint density at radius 1 is 0.974 bits per heavy atom. The predicted octanol–water partition coefficient (Wildman–Crippen LogP) is 5.20. The number of benzene rings is 3. The molecule has 9 nitrogen and oxygen atoms in total. The summed E-state index contributed by atoms with van der Waals surface area (Å²) in [6, 6.07) is 20.9. The Bertz CT molecular complexity index is 1510. The van der Waals surface area contributed by atoms with Crippen molar-refractivity contribution >= 4 is 17.5 Å². The first kappa shape index (κ1) is 25.0. The van der Waals surface area contributed by atoms with Gasteiger partial charge in [-0.25, -0.2) is 0 Å². The molecule has 1 aromatic heterocycles. The van der Waals surface area contributed by atoms with E-state index in [0.717, 1.165) is 27.9 Å². The van der Waals surface area contributed by atoms with Crippen molar-refractivity contribution in [3.05, 3.63) is 100 Å². The number of aryl methyl sites for hydroxylation is 2. The fourth-order valence-electron chi connectivity index (χ4n) is 4.53. The Hall–Kier alpha value is -4.66. The average molecular weight is 511 g/mol. The first-order valence-corrected chi connectivity index (χ1v) is 12.5. The topological polar surface area (TPSA) is 103 Å². The summed E-state index contributed by atoms with van der Waals surface area (Å²) in [6.07, 6.45) is 0. The lowest BCUT2D eigenvalue weighted by Crippen LogP contribution is -2.31. The monoisotopic (exact) mass is 510 g/mol. The van der Waals surface area contributed by atoms with E-state index < -0.39 is 6.04 Å². The van der Waals surface area contributed by atoms with E-state index in [1.807, 2.05) is 81.4 Å². The smallest absolute Gasteiger partial charge is 0.255 e. The number of nitrogens with zero attached hydrogens (tertiary/aromatic N) is 4. The number of amides is 1. The molecule has 194 valence electrons. The fourth-order valence-corrected chi connectivity index (χ4v) is 4.53. The van der Waals surface area contributed by atoms with Crippen molar-refractivity contribution in [2.45, 2.75) is 40.3 Å². The number of carbonyl (C=O) groups excluding carboxylic acids is 1. The van der Waals surface area contributed by atoms with Gasteiger partial charge in [0.1, 0.15) is 12.6 Å². The lowest BCUT2D eigenvalue weighted by atomic mass is 9.94. The van der Waals surface area contributed by atoms with Gasteiger partial charge in [0.15, 0.2) is 11.5 Å². The number of carbonyl (C=O) groups is 1. The number of rotatable bonds is 8. The molecule has 0 fully saturated rings. The third kappa shape index (κ3) is 4.95. The van der Waals surface area contributed by atoms with Crippen LogP contribution in [0.25, 0.3) is 0 Å². The third-order valence-electron chi connectivity index (χ3n) is 6.58. The van der Waals surface area contributed by atoms with Crippen LogP contribution in [0.1, 0.15) is 42.1 Å². The highest BCUT2D eigenvalue weighted by Gasteiger charge is 2.34. The molecule has 1 amide bonds. The molecule has 0 radical (unpaired) electrons. The van der Waals surface area contributed by atoms with Crippen molar-refractivity contribution in [1.29, 1.82) is 0 Å². The Kier molecular flexibility index (Phi) is 7.08. The van der Waals surface area contributed by atoms with E-state index in [4.69, 9.17) is 9.47 Å². The molecule has 1 unspecified atom stereocenters. The molecule has 4 aromatic rings. The molecule has 1 aliphatic rings. The molecular weight excluding hydrogens is 480 g/mol. The normalized spacial score (nSPS) is 14.5. The Morgan fingerprint density at radius 2 is 1.74 bits per heavy atom. The van der Waals surface area contributed by atoms with Gasteiger partial charge in [-0.05, 0) is 78.6 Å². The van der Waals surface area contributed by atoms with Crippen LogP contribution in [-0.4, -0.2) is 32.7 Å². The molecule has 3 aromatic carbocycles. The van der Waals surface area contributed by atoms with Crippen LogP contribution in [-0.2, 0) is 11.4 Å². The van der Waals surface area contributed by atoms with Gasteiger partial charge in [-0.1, -0.05) is 53.6 Å². The van der Waals surface area contributed by atoms with Gasteiger partial charge < -0.3 is 20.1 Å². The second-order valence-corrected chi connectivity index (χ2v) is 9.14. The van der Waals surface area contributed by atoms with E-state index in [9.17, 15) is 4.79 Å². The molecule has 0 saturated heterocycles. The van der Waals surface area contributed by atoms with E-state index in [1.165, 1.54) is 0 Å². The maximum Gasteiger partial charge on any atom is 0.255 e. The number of fused-ring (bicyclic) bond motifs is 1. The number of nitrogens with one attached hydrogen (secondary N) is 2. The van der Waals surface area contributed by atoms with E-state index in [-0.39, 0.29) is 5.91 Å². The third-order valence-corrected chi connectivity index (χ3v) is 6.58. The lowest BCUT2D eigenvalue weighted by Gasteiger charge is -2.28. The van der Waals surface area contributed by atoms with E-state index >= 15 is 0 Å². The fraction of sp³-hybridized carbons (Fsp3) is 0.241. The van der Waals surface area contributed by atoms with Crippen molar-refractivity contribution in [3.8, 4) is 11.5 Å². The molecule has 5 rings (SSSR count). The van der Waals surface area contributed by atoms with Gasteiger partial charge in [0, 0.05) is 11.4 Å². The molecule has 38 heavy (non-hydrogen) atoms. The summed E-state index contributed by atoms with van der Waals surface area (Å²) in [5.74, 6) is 1.42. The van der Waals surface area contributed by atoms with Crippen molar-refractivity contribution in [3.63, 3.8) is 0 Å². The van der Waals surface area contributed by atoms with Gasteiger partial charge >= 0.3 is 0 Å². The van der Waals surface area contributed by atoms with Gasteiger partial charge in [-0.3, -0.25) is 4.79 Å². The maximum absolute atomic E-state index is 13.7. The molecule has 0 aliphatic carbocycles. The van der Waals surface area contributed by atoms with Gasteiger partial charge in [0.05, 0.1) is 12.2 Å². The van der Waals surface area contributed by atoms with Crippen LogP contribution < -0.4 is 20.1 Å². The molecule has 0 bridgehead atoms. The van der Waals surface area contributed by atoms with Crippen LogP contribution in [0.2, 0.25) is 0 Å². The lowest BCUT2D eigenvalue weighted by molar-refractivity contribution is -0.113. The van der Waals surface area contributed by atoms with Gasteiger partial charge in [-0.2, -0.15) is 4.68 Å². The SMILES string of the molecule is CCOc1cc(C2C(C(=O)Nc3ccccc3C)=C(C)Nc3nnnn32)ccc1OCc1ccccc1C. The van der Waals surface area contributed by atoms with E-state index in [0.29, 0.717) is 41.9 Å². The number of tetrazole rings is 1. The zero-order valence-electron chi connectivity index (χ0n) is 21.9. The number of allylic oxidation sites excluding steroid dienone is 1. The minimum Gasteiger partial charge on any atom is -0.490 e. The Balaban J connectivity index is 1.50. The Morgan fingerprint density at radius 3 is 2.50 bits per heavy atom. The number of ether oxygens (including phenoxy) is 2. The predicted molar refractivity (Wildman–Crippen MR) is 145 cm³/mol. The number of anilines is 2. The van der Waals surface area contributed by atoms with Gasteiger partial charge in [0.25, 0.3) is 5.91 Å². The largest absolute Gasteiger partial charge is 0.490 e. The first-order valence-electron chi connectivity index (χ1n) is 12.5. The summed E-state index contributed by atoms with van der Waals surface area (Å²) >= 11 is 0. The number of hydrogen-bond acceptors (Lipinski definition) is 7. The first-order chi connectivity index (χ1) is 18.5. The summed E-state index contributed by atoms with van der Waals surface area (Å²) in [5.41, 5.74) is 5.94. The zero-order valence-corrected chi connectivity index (χ0v) is 21.9. The zero-order chi connectivity index (χ0) is 26.6. The minimum absolute atomic E-state index is 0.242. The second-order valence-electron chi connectivity index (χ2n) is 9.14. The summed E-state index contributed by atoms with van der Waals surface area (Å²) in [4.78, 5) is 13.7. The van der Waals surface area contributed by atoms with Crippen molar-refractivity contribution in [2.24, 2.45) is 0 Å². The quantitative estimate of drug-likeness (QED) is 0.336. The summed E-state index contributed by atoms with van der Waals surface area (Å²) in [6.45, 7) is 8.66. The molecule has 1 aliphatic heterocycles. The van der Waals surface area contributed by atoms with Crippen molar-refractivity contribution < 1.29 is 14.3 Å². The highest BCUT2D eigenvalue weighted by molar-refractivity contribution is 6.06. The molecule has 9 heteroatoms. The van der Waals surface area contributed by atoms with Crippen LogP contribution in [0.15, 0.2) is 78.0 Å². The minimum atomic E-state index is -0.574. The van der Waals surface area contributed by atoms with Crippen molar-refractivity contribution in [1.82, 2.24) is 20.2 Å². The maximum atomic E-state index is 13.7. The standard InChI is InChI=1S/C29H30N6O3/c1-5-37-25-16-21(14-15-24(25)38-17-22-12-8-6-10-18(22)2)27-26(20(4)30-29-32-33-34-35(27)29)28(36)31-23-13-9-7-11-19(23)3/h6-16,27H,5,17H2,1-4H3,(H,31,36)(H,30,32,34). The number of hydrogen-bond donors (Lipinski definition) is 2. The molecule has 0 spiro atoms. The molecule has 1 atom stereocenters. The molecule has 2 N–H and O–H groups in total. The number of aromatic nitrogens is 4. The van der Waals surface area contributed by atoms with E-state index in [2.05, 4.69) is 39.1 Å². The second kappa shape index (κ2) is 10.8. The number of para-hydroxylation sites is 1. The van der Waals surface area contributed by atoms with Crippen LogP contribution >= 0.6 is 0 Å². The molecular formula is C29H30N6O3. The molecule has 2 heterocycles. The average Bonchev–Trinajstić information content (AvgIpc) is 3.37.